The van der Waals surface area contributed by atoms with Crippen molar-refractivity contribution in [3.05, 3.63) is 54.1 Å². The van der Waals surface area contributed by atoms with Gasteiger partial charge in [0.05, 0.1) is 24.6 Å². The molecule has 4 atom stereocenters. The Labute approximate surface area is 356 Å². The Morgan fingerprint density at radius 3 is 2.27 bits per heavy atom. The monoisotopic (exact) mass is 814 g/mol. The van der Waals surface area contributed by atoms with Crippen LogP contribution in [0.2, 0.25) is 0 Å². The van der Waals surface area contributed by atoms with Crippen LogP contribution in [-0.4, -0.2) is 95.5 Å². The highest BCUT2D eigenvalue weighted by atomic mass is 16.5. The van der Waals surface area contributed by atoms with Gasteiger partial charge in [-0.15, -0.1) is 0 Å². The Morgan fingerprint density at radius 1 is 0.864 bits per heavy atom. The minimum Gasteiger partial charge on any atom is -0.382 e. The van der Waals surface area contributed by atoms with Crippen LogP contribution in [0, 0.1) is 11.8 Å². The van der Waals surface area contributed by atoms with Crippen molar-refractivity contribution in [2.45, 2.75) is 178 Å². The van der Waals surface area contributed by atoms with E-state index in [0.717, 1.165) is 68.9 Å². The highest BCUT2D eigenvalue weighted by Crippen LogP contribution is 2.38. The molecule has 5 aliphatic rings. The lowest BCUT2D eigenvalue weighted by molar-refractivity contribution is 0.00336. The number of ether oxygens (including phenoxy) is 1. The van der Waals surface area contributed by atoms with E-state index in [9.17, 15) is 4.79 Å². The first kappa shape index (κ1) is 44.4. The SMILES string of the molecule is CCC1CNC2(CCCCCCCCCC2)CC1CNC(=O)c1cccc(NCC2N(CCOC3CCNCC3)C(c3ccncn3)NN2C2CCCCCCCC2)c1. The molecule has 0 bridgehead atoms. The van der Waals surface area contributed by atoms with Gasteiger partial charge in [-0.05, 0) is 101 Å². The van der Waals surface area contributed by atoms with Gasteiger partial charge < -0.3 is 26.0 Å². The van der Waals surface area contributed by atoms with Crippen molar-refractivity contribution in [2.75, 3.05) is 51.2 Å². The first-order valence-corrected chi connectivity index (χ1v) is 24.4. The molecule has 3 saturated heterocycles. The number of amides is 1. The molecule has 3 aliphatic heterocycles. The summed E-state index contributed by atoms with van der Waals surface area (Å²) in [5, 5.41) is 17.4. The number of benzene rings is 1. The van der Waals surface area contributed by atoms with E-state index in [1.165, 1.54) is 122 Å². The molecule has 4 heterocycles. The van der Waals surface area contributed by atoms with E-state index in [-0.39, 0.29) is 23.8 Å². The van der Waals surface area contributed by atoms with Crippen molar-refractivity contribution >= 4 is 11.6 Å². The number of rotatable bonds is 13. The molecular weight excluding hydrogens is 735 g/mol. The van der Waals surface area contributed by atoms with Gasteiger partial charge in [-0.2, -0.15) is 0 Å². The largest absolute Gasteiger partial charge is 0.382 e. The molecule has 1 aromatic carbocycles. The zero-order valence-electron chi connectivity index (χ0n) is 36.6. The van der Waals surface area contributed by atoms with E-state index in [4.69, 9.17) is 9.72 Å². The normalized spacial score (nSPS) is 27.6. The third kappa shape index (κ3) is 12.9. The van der Waals surface area contributed by atoms with Crippen LogP contribution in [-0.2, 0) is 4.74 Å². The summed E-state index contributed by atoms with van der Waals surface area (Å²) >= 11 is 0. The number of hydrazine groups is 1. The first-order chi connectivity index (χ1) is 29.1. The number of hydrogen-bond donors (Lipinski definition) is 5. The maximum Gasteiger partial charge on any atom is 0.251 e. The van der Waals surface area contributed by atoms with Gasteiger partial charge in [0, 0.05) is 48.7 Å². The molecule has 4 unspecified atom stereocenters. The number of carbonyl (C=O) groups is 1. The number of hydrogen-bond acceptors (Lipinski definition) is 10. The maximum absolute atomic E-state index is 13.9. The Bertz CT molecular complexity index is 1490. The van der Waals surface area contributed by atoms with Crippen LogP contribution in [0.5, 0.6) is 0 Å². The summed E-state index contributed by atoms with van der Waals surface area (Å²) in [4.78, 5) is 25.5. The fourth-order valence-corrected chi connectivity index (χ4v) is 11.1. The van der Waals surface area contributed by atoms with Crippen LogP contribution in [0.15, 0.2) is 42.9 Å². The smallest absolute Gasteiger partial charge is 0.251 e. The van der Waals surface area contributed by atoms with Gasteiger partial charge in [-0.3, -0.25) is 9.69 Å². The number of piperidine rings is 2. The second-order valence-electron chi connectivity index (χ2n) is 18.8. The highest BCUT2D eigenvalue weighted by Gasteiger charge is 2.43. The molecule has 1 aromatic heterocycles. The van der Waals surface area contributed by atoms with Gasteiger partial charge >= 0.3 is 0 Å². The van der Waals surface area contributed by atoms with Gasteiger partial charge in [-0.1, -0.05) is 109 Å². The summed E-state index contributed by atoms with van der Waals surface area (Å²) < 4.78 is 6.52. The highest BCUT2D eigenvalue weighted by molar-refractivity contribution is 5.95. The van der Waals surface area contributed by atoms with Crippen molar-refractivity contribution in [1.29, 1.82) is 0 Å². The van der Waals surface area contributed by atoms with E-state index < -0.39 is 0 Å². The summed E-state index contributed by atoms with van der Waals surface area (Å²) in [6.45, 7) is 8.37. The summed E-state index contributed by atoms with van der Waals surface area (Å²) in [5.41, 5.74) is 6.91. The van der Waals surface area contributed by atoms with E-state index in [0.29, 0.717) is 37.1 Å². The molecule has 7 rings (SSSR count). The van der Waals surface area contributed by atoms with Gasteiger partial charge in [0.2, 0.25) is 0 Å². The van der Waals surface area contributed by atoms with Crippen molar-refractivity contribution < 1.29 is 9.53 Å². The molecule has 1 amide bonds. The Hall–Kier alpha value is -2.67. The van der Waals surface area contributed by atoms with E-state index >= 15 is 0 Å². The zero-order valence-corrected chi connectivity index (χ0v) is 36.6. The molecule has 59 heavy (non-hydrogen) atoms. The van der Waals surface area contributed by atoms with Crippen LogP contribution in [0.4, 0.5) is 5.69 Å². The van der Waals surface area contributed by atoms with Gasteiger partial charge in [0.25, 0.3) is 5.91 Å². The number of carbonyl (C=O) groups excluding carboxylic acids is 1. The fourth-order valence-electron chi connectivity index (χ4n) is 11.1. The molecule has 2 aliphatic carbocycles. The number of nitrogens with one attached hydrogen (secondary N) is 5. The molecule has 1 spiro atoms. The third-order valence-electron chi connectivity index (χ3n) is 14.7. The summed E-state index contributed by atoms with van der Waals surface area (Å²) in [7, 11) is 0. The third-order valence-corrected chi connectivity index (χ3v) is 14.7. The Kier molecular flexibility index (Phi) is 17.7. The zero-order chi connectivity index (χ0) is 40.5. The average Bonchev–Trinajstić information content (AvgIpc) is 3.68. The first-order valence-electron chi connectivity index (χ1n) is 24.4. The van der Waals surface area contributed by atoms with E-state index in [1.807, 2.05) is 24.4 Å². The predicted molar refractivity (Wildman–Crippen MR) is 239 cm³/mol. The molecule has 328 valence electrons. The summed E-state index contributed by atoms with van der Waals surface area (Å²) in [5.74, 6) is 1.13. The van der Waals surface area contributed by atoms with Crippen molar-refractivity contribution in [1.82, 2.24) is 41.3 Å². The molecule has 11 heteroatoms. The molecular formula is C48H79N9O2. The Morgan fingerprint density at radius 2 is 1.58 bits per heavy atom. The second kappa shape index (κ2) is 23.5. The topological polar surface area (TPSA) is 119 Å². The van der Waals surface area contributed by atoms with Crippen LogP contribution in [0.3, 0.4) is 0 Å². The van der Waals surface area contributed by atoms with Crippen LogP contribution < -0.4 is 26.7 Å². The van der Waals surface area contributed by atoms with Crippen molar-refractivity contribution in [2.24, 2.45) is 11.8 Å². The van der Waals surface area contributed by atoms with Crippen molar-refractivity contribution in [3.63, 3.8) is 0 Å². The van der Waals surface area contributed by atoms with Crippen molar-refractivity contribution in [3.8, 4) is 0 Å². The summed E-state index contributed by atoms with van der Waals surface area (Å²) in [6, 6.07) is 10.7. The van der Waals surface area contributed by atoms with Gasteiger partial charge in [0.15, 0.2) is 0 Å². The standard InChI is InChI=1S/C48H79N9O2/c1-2-38-35-54-48(25-15-11-7-3-4-8-12-16-26-48)33-40(38)34-52-47(58)39-18-17-19-41(32-39)51-36-45-56(30-31-59-43-22-27-49-28-23-43)46(44-24-29-50-37-53-44)55-57(45)42-20-13-9-5-6-10-14-21-42/h17-19,24,29,32,37-38,40,42-43,45-46,49,51,54-55H,2-16,20-23,25-28,30-31,33-36H2,1H3,(H,52,58). The van der Waals surface area contributed by atoms with Crippen LogP contribution in [0.1, 0.15) is 170 Å². The molecule has 5 N–H and O–H groups in total. The lowest BCUT2D eigenvalue weighted by Crippen LogP contribution is -2.56. The molecule has 2 saturated carbocycles. The van der Waals surface area contributed by atoms with E-state index in [1.54, 1.807) is 6.33 Å². The summed E-state index contributed by atoms with van der Waals surface area (Å²) in [6.07, 6.45) is 31.9. The molecule has 0 radical (unpaired) electrons. The lowest BCUT2D eigenvalue weighted by atomic mass is 9.71. The predicted octanol–water partition coefficient (Wildman–Crippen LogP) is 8.33. The number of nitrogens with zero attached hydrogens (tertiary/aromatic N) is 4. The average molecular weight is 814 g/mol. The minimum atomic E-state index is -0.0758. The fraction of sp³-hybridized carbons (Fsp3) is 0.771. The number of anilines is 1. The molecule has 2 aromatic rings. The lowest BCUT2D eigenvalue weighted by Gasteiger charge is -2.46. The Balaban J connectivity index is 1.03. The van der Waals surface area contributed by atoms with Crippen LogP contribution in [0.25, 0.3) is 0 Å². The van der Waals surface area contributed by atoms with Gasteiger partial charge in [-0.25, -0.2) is 20.4 Å². The van der Waals surface area contributed by atoms with Gasteiger partial charge in [0.1, 0.15) is 12.5 Å². The second-order valence-corrected chi connectivity index (χ2v) is 18.8. The quantitative estimate of drug-likeness (QED) is 0.135. The molecule has 5 fully saturated rings. The molecule has 11 nitrogen and oxygen atoms in total. The number of aromatic nitrogens is 2. The van der Waals surface area contributed by atoms with E-state index in [2.05, 4.69) is 60.6 Å². The maximum atomic E-state index is 13.9. The van der Waals surface area contributed by atoms with Crippen LogP contribution >= 0.6 is 0 Å². The minimum absolute atomic E-state index is 0.0359.